The van der Waals surface area contributed by atoms with E-state index in [1.807, 2.05) is 109 Å². The summed E-state index contributed by atoms with van der Waals surface area (Å²) in [6, 6.07) is 35.9. The van der Waals surface area contributed by atoms with E-state index in [4.69, 9.17) is 0 Å². The first kappa shape index (κ1) is 25.1. The van der Waals surface area contributed by atoms with Crippen LogP contribution in [0, 0.1) is 7.14 Å². The van der Waals surface area contributed by atoms with Gasteiger partial charge in [-0.25, -0.2) is 0 Å². The minimum atomic E-state index is -0.144. The molecule has 6 heteroatoms. The monoisotopic (exact) mass is 720 g/mol. The highest BCUT2D eigenvalue weighted by atomic mass is 127. The lowest BCUT2D eigenvalue weighted by Gasteiger charge is -2.25. The van der Waals surface area contributed by atoms with E-state index in [0.29, 0.717) is 35.6 Å². The molecule has 0 N–H and O–H groups in total. The van der Waals surface area contributed by atoms with Gasteiger partial charge in [0.15, 0.2) is 0 Å². The van der Waals surface area contributed by atoms with Gasteiger partial charge in [0.2, 0.25) is 0 Å². The largest absolute Gasteiger partial charge is 0.302 e. The van der Waals surface area contributed by atoms with Crippen molar-refractivity contribution in [3.8, 4) is 0 Å². The molecule has 0 radical (unpaired) electrons. The molecule has 6 rings (SSSR count). The van der Waals surface area contributed by atoms with Gasteiger partial charge in [0, 0.05) is 7.14 Å². The Morgan fingerprint density at radius 2 is 0.816 bits per heavy atom. The molecule has 0 fully saturated rings. The standard InChI is InChI=1S/C32H22I2N2O2/c33-25-15-11-23(12-16-25)29-27-28(31(37)35(29)19-21-7-3-1-4-8-21)30(24-13-17-26(34)18-14-24)36(32(27)38)20-22-9-5-2-6-10-22/h1-18H,19-20H2. The Morgan fingerprint density at radius 1 is 0.474 bits per heavy atom. The summed E-state index contributed by atoms with van der Waals surface area (Å²) in [6.45, 7) is 0.778. The summed E-state index contributed by atoms with van der Waals surface area (Å²) in [7, 11) is 0. The minimum absolute atomic E-state index is 0.144. The van der Waals surface area contributed by atoms with E-state index < -0.39 is 0 Å². The van der Waals surface area contributed by atoms with Gasteiger partial charge in [-0.15, -0.1) is 0 Å². The molecular weight excluding hydrogens is 698 g/mol. The van der Waals surface area contributed by atoms with Crippen molar-refractivity contribution in [2.45, 2.75) is 13.1 Å². The van der Waals surface area contributed by atoms with Gasteiger partial charge in [0.1, 0.15) is 0 Å². The Morgan fingerprint density at radius 3 is 1.16 bits per heavy atom. The summed E-state index contributed by atoms with van der Waals surface area (Å²) < 4.78 is 2.18. The fraction of sp³-hybridized carbons (Fsp3) is 0.0625. The van der Waals surface area contributed by atoms with Gasteiger partial charge < -0.3 is 9.80 Å². The number of fused-ring (bicyclic) bond motifs is 1. The lowest BCUT2D eigenvalue weighted by molar-refractivity contribution is -0.124. The van der Waals surface area contributed by atoms with E-state index in [9.17, 15) is 9.59 Å². The fourth-order valence-corrected chi connectivity index (χ4v) is 5.76. The number of rotatable bonds is 6. The summed E-state index contributed by atoms with van der Waals surface area (Å²) >= 11 is 4.54. The van der Waals surface area contributed by atoms with Gasteiger partial charge in [0.05, 0.1) is 35.6 Å². The van der Waals surface area contributed by atoms with Crippen LogP contribution < -0.4 is 0 Å². The number of nitrogens with zero attached hydrogens (tertiary/aromatic N) is 2. The molecule has 0 aromatic heterocycles. The zero-order chi connectivity index (χ0) is 26.2. The van der Waals surface area contributed by atoms with Crippen molar-refractivity contribution in [2.75, 3.05) is 0 Å². The minimum Gasteiger partial charge on any atom is -0.302 e. The molecule has 0 bridgehead atoms. The molecule has 0 unspecified atom stereocenters. The van der Waals surface area contributed by atoms with Gasteiger partial charge in [-0.2, -0.15) is 0 Å². The molecule has 2 amide bonds. The molecule has 0 atom stereocenters. The topological polar surface area (TPSA) is 40.6 Å². The van der Waals surface area contributed by atoms with Crippen LogP contribution in [0.3, 0.4) is 0 Å². The summed E-state index contributed by atoms with van der Waals surface area (Å²) in [6.07, 6.45) is 0. The normalized spacial score (nSPS) is 15.1. The van der Waals surface area contributed by atoms with Gasteiger partial charge in [-0.3, -0.25) is 9.59 Å². The molecule has 0 saturated heterocycles. The van der Waals surface area contributed by atoms with Crippen LogP contribution in [0.2, 0.25) is 0 Å². The third-order valence-electron chi connectivity index (χ3n) is 6.78. The van der Waals surface area contributed by atoms with Crippen LogP contribution in [0.4, 0.5) is 0 Å². The lowest BCUT2D eigenvalue weighted by Crippen LogP contribution is -2.29. The Bertz CT molecular complexity index is 1470. The summed E-state index contributed by atoms with van der Waals surface area (Å²) in [4.78, 5) is 32.1. The Balaban J connectivity index is 1.57. The van der Waals surface area contributed by atoms with E-state index in [-0.39, 0.29) is 11.8 Å². The second-order valence-electron chi connectivity index (χ2n) is 9.21. The van der Waals surface area contributed by atoms with Crippen LogP contribution in [-0.4, -0.2) is 21.6 Å². The van der Waals surface area contributed by atoms with Gasteiger partial charge in [0.25, 0.3) is 11.8 Å². The average Bonchev–Trinajstić information content (AvgIpc) is 3.37. The average molecular weight is 720 g/mol. The number of hydrogen-bond donors (Lipinski definition) is 0. The molecule has 0 spiro atoms. The number of halogens is 2. The highest BCUT2D eigenvalue weighted by Crippen LogP contribution is 2.47. The Hall–Kier alpha value is -3.24. The summed E-state index contributed by atoms with van der Waals surface area (Å²) in [5, 5.41) is 0. The van der Waals surface area contributed by atoms with Crippen molar-refractivity contribution < 1.29 is 9.59 Å². The van der Waals surface area contributed by atoms with E-state index >= 15 is 0 Å². The smallest absolute Gasteiger partial charge is 0.261 e. The van der Waals surface area contributed by atoms with Crippen LogP contribution in [0.25, 0.3) is 11.4 Å². The molecule has 4 aromatic rings. The van der Waals surface area contributed by atoms with E-state index in [2.05, 4.69) is 45.2 Å². The number of carbonyl (C=O) groups excluding carboxylic acids is 2. The van der Waals surface area contributed by atoms with Crippen LogP contribution in [-0.2, 0) is 22.7 Å². The maximum absolute atomic E-state index is 14.3. The highest BCUT2D eigenvalue weighted by molar-refractivity contribution is 14.1. The molecule has 186 valence electrons. The maximum Gasteiger partial charge on any atom is 0.261 e. The van der Waals surface area contributed by atoms with Crippen LogP contribution in [0.5, 0.6) is 0 Å². The molecule has 2 aliphatic rings. The maximum atomic E-state index is 14.3. The third kappa shape index (κ3) is 4.60. The fourth-order valence-electron chi connectivity index (χ4n) is 5.05. The Labute approximate surface area is 248 Å². The SMILES string of the molecule is O=C1C2=C(c3ccc(I)cc3)N(Cc3ccccc3)C(=O)C2=C(c2ccc(I)cc2)N1Cc1ccccc1. The van der Waals surface area contributed by atoms with Crippen molar-refractivity contribution in [2.24, 2.45) is 0 Å². The predicted molar refractivity (Wildman–Crippen MR) is 166 cm³/mol. The van der Waals surface area contributed by atoms with E-state index in [1.165, 1.54) is 0 Å². The molecule has 2 heterocycles. The third-order valence-corrected chi connectivity index (χ3v) is 8.22. The van der Waals surface area contributed by atoms with Gasteiger partial charge in [-0.05, 0) is 91.7 Å². The number of hydrogen-bond acceptors (Lipinski definition) is 2. The van der Waals surface area contributed by atoms with E-state index in [1.54, 1.807) is 9.80 Å². The van der Waals surface area contributed by atoms with Crippen LogP contribution in [0.1, 0.15) is 22.3 Å². The summed E-state index contributed by atoms with van der Waals surface area (Å²) in [5.41, 5.74) is 6.05. The number of benzene rings is 4. The molecule has 2 aliphatic heterocycles. The van der Waals surface area contributed by atoms with Crippen LogP contribution >= 0.6 is 45.2 Å². The Kier molecular flexibility index (Phi) is 6.92. The first-order valence-electron chi connectivity index (χ1n) is 12.2. The number of carbonyl (C=O) groups is 2. The molecular formula is C32H22I2N2O2. The van der Waals surface area contributed by atoms with Crippen molar-refractivity contribution in [3.05, 3.63) is 150 Å². The van der Waals surface area contributed by atoms with E-state index in [0.717, 1.165) is 29.4 Å². The van der Waals surface area contributed by atoms with Crippen molar-refractivity contribution in [3.63, 3.8) is 0 Å². The zero-order valence-corrected chi connectivity index (χ0v) is 24.6. The lowest BCUT2D eigenvalue weighted by atomic mass is 10.0. The molecule has 4 aromatic carbocycles. The van der Waals surface area contributed by atoms with Gasteiger partial charge in [-0.1, -0.05) is 84.9 Å². The molecule has 4 nitrogen and oxygen atoms in total. The zero-order valence-electron chi connectivity index (χ0n) is 20.3. The predicted octanol–water partition coefficient (Wildman–Crippen LogP) is 7.10. The first-order valence-corrected chi connectivity index (χ1v) is 14.4. The first-order chi connectivity index (χ1) is 18.5. The second kappa shape index (κ2) is 10.5. The van der Waals surface area contributed by atoms with Crippen LogP contribution in [0.15, 0.2) is 120 Å². The summed E-state index contributed by atoms with van der Waals surface area (Å²) in [5.74, 6) is -0.287. The van der Waals surface area contributed by atoms with Crippen molar-refractivity contribution >= 4 is 68.4 Å². The quantitative estimate of drug-likeness (QED) is 0.200. The molecule has 38 heavy (non-hydrogen) atoms. The molecule has 0 saturated carbocycles. The molecule has 0 aliphatic carbocycles. The van der Waals surface area contributed by atoms with Gasteiger partial charge >= 0.3 is 0 Å². The second-order valence-corrected chi connectivity index (χ2v) is 11.7. The highest BCUT2D eigenvalue weighted by Gasteiger charge is 2.48. The number of amides is 2. The van der Waals surface area contributed by atoms with Crippen molar-refractivity contribution in [1.82, 2.24) is 9.80 Å². The van der Waals surface area contributed by atoms with Crippen molar-refractivity contribution in [1.29, 1.82) is 0 Å².